The smallest absolute Gasteiger partial charge is 0.233 e. The van der Waals surface area contributed by atoms with Gasteiger partial charge in [0.2, 0.25) is 33.7 Å². The summed E-state index contributed by atoms with van der Waals surface area (Å²) in [5, 5.41) is 12.0. The lowest BCUT2D eigenvalue weighted by Gasteiger charge is -2.23. The molecule has 4 aliphatic rings. The number of likely N-dealkylation sites (tertiary alicyclic amines) is 2. The van der Waals surface area contributed by atoms with Crippen molar-refractivity contribution in [3.63, 3.8) is 0 Å². The predicted molar refractivity (Wildman–Crippen MR) is 329 cm³/mol. The zero-order valence-corrected chi connectivity index (χ0v) is 51.2. The van der Waals surface area contributed by atoms with Crippen LogP contribution in [0.15, 0.2) is 36.4 Å². The van der Waals surface area contributed by atoms with Gasteiger partial charge in [-0.2, -0.15) is 29.9 Å². The van der Waals surface area contributed by atoms with Crippen molar-refractivity contribution in [2.45, 2.75) is 175 Å². The van der Waals surface area contributed by atoms with Gasteiger partial charge >= 0.3 is 0 Å². The zero-order chi connectivity index (χ0) is 54.5. The highest BCUT2D eigenvalue weighted by atomic mass is 35.5. The highest BCUT2D eigenvalue weighted by molar-refractivity contribution is 6.34. The third-order valence-corrected chi connectivity index (χ3v) is 15.5. The van der Waals surface area contributed by atoms with Gasteiger partial charge in [0.25, 0.3) is 0 Å². The molecular formula is C55H91Cl6N15. The van der Waals surface area contributed by atoms with Crippen LogP contribution >= 0.6 is 70.4 Å². The number of aromatic nitrogens is 6. The van der Waals surface area contributed by atoms with Crippen molar-refractivity contribution >= 4 is 105 Å². The molecule has 428 valence electrons. The SMILES string of the molecule is CCN(CC)c1ccc(C)cc1Cl.CCN(CC)c1ccc(Nc2nc(NCC3CCCN3CC)nc(NC3CCCCCC3)n2)cc1Cl.CCN1CCCC1CN.Cl.Clc1nc(Cl)nc(Cl)n1.NC1CCCCCC1. The number of benzene rings is 2. The number of likely N-dealkylation sites (N-methyl/N-ethyl adjacent to an activating group) is 2. The molecule has 2 aliphatic heterocycles. The van der Waals surface area contributed by atoms with Crippen molar-refractivity contribution in [3.8, 4) is 0 Å². The number of nitrogens with zero attached hydrogens (tertiary/aromatic N) is 10. The van der Waals surface area contributed by atoms with E-state index in [2.05, 4.69) is 117 Å². The molecule has 4 fully saturated rings. The van der Waals surface area contributed by atoms with E-state index in [1.807, 2.05) is 18.2 Å². The Kier molecular flexibility index (Phi) is 33.5. The second-order valence-electron chi connectivity index (χ2n) is 19.6. The summed E-state index contributed by atoms with van der Waals surface area (Å²) in [7, 11) is 0. The summed E-state index contributed by atoms with van der Waals surface area (Å²) in [5.74, 6) is 1.76. The van der Waals surface area contributed by atoms with E-state index in [1.165, 1.54) is 115 Å². The zero-order valence-electron chi connectivity index (χ0n) is 46.6. The second-order valence-corrected chi connectivity index (χ2v) is 21.4. The highest BCUT2D eigenvalue weighted by Crippen LogP contribution is 2.31. The van der Waals surface area contributed by atoms with E-state index in [9.17, 15) is 0 Å². The monoisotopic (exact) mass is 1170 g/mol. The van der Waals surface area contributed by atoms with Gasteiger partial charge in [-0.15, -0.1) is 12.4 Å². The van der Waals surface area contributed by atoms with Crippen molar-refractivity contribution in [2.24, 2.45) is 11.5 Å². The van der Waals surface area contributed by atoms with Gasteiger partial charge < -0.3 is 37.2 Å². The minimum Gasteiger partial charge on any atom is -0.371 e. The normalized spacial score (nSPS) is 18.1. The van der Waals surface area contributed by atoms with Crippen LogP contribution in [-0.2, 0) is 0 Å². The summed E-state index contributed by atoms with van der Waals surface area (Å²) in [6.07, 6.45) is 20.6. The van der Waals surface area contributed by atoms with Gasteiger partial charge in [-0.05, 0) is 183 Å². The molecule has 2 atom stereocenters. The Morgan fingerprint density at radius 2 is 1.01 bits per heavy atom. The topological polar surface area (TPSA) is 178 Å². The van der Waals surface area contributed by atoms with Crippen LogP contribution < -0.4 is 37.2 Å². The first-order chi connectivity index (χ1) is 36.2. The van der Waals surface area contributed by atoms with Crippen molar-refractivity contribution in [1.82, 2.24) is 39.7 Å². The summed E-state index contributed by atoms with van der Waals surface area (Å²) < 4.78 is 0. The molecule has 8 rings (SSSR count). The standard InChI is InChI=1S/C27H43ClN8.C11H16ClN.C7H16N2.C7H15N.C3Cl3N3.ClH/c1-4-35(5-2)24-16-15-21(18-23(24)28)31-27-33-25(29-19-22-14-11-17-36(22)6-3)32-26(34-27)30-20-12-9-7-8-10-13-20;1-4-13(5-2)11-7-6-9(3)8-10(11)12;1-2-9-5-3-4-7(9)6-8;8-7-5-3-1-2-4-6-7;4-1-7-2(5)9-3(6)8-1;/h15-16,18,20,22H,4-14,17,19H2,1-3H3,(H3,29,30,31,32,33,34);6-8H,4-5H2,1-3H3;7H,2-6,8H2,1H3;7H,1-6,8H2;;1H. The molecule has 4 aromatic rings. The van der Waals surface area contributed by atoms with E-state index in [4.69, 9.17) is 84.4 Å². The van der Waals surface area contributed by atoms with E-state index < -0.39 is 0 Å². The van der Waals surface area contributed by atoms with Gasteiger partial charge in [0, 0.05) is 69.1 Å². The van der Waals surface area contributed by atoms with Crippen molar-refractivity contribution in [1.29, 1.82) is 0 Å². The maximum Gasteiger partial charge on any atom is 0.233 e. The Labute approximate surface area is 487 Å². The minimum atomic E-state index is 0. The first kappa shape index (κ1) is 67.3. The molecule has 2 aromatic carbocycles. The summed E-state index contributed by atoms with van der Waals surface area (Å²) in [6.45, 7) is 25.2. The lowest BCUT2D eigenvalue weighted by atomic mass is 10.1. The number of hydrogen-bond donors (Lipinski definition) is 5. The number of nitrogens with two attached hydrogens (primary N) is 2. The van der Waals surface area contributed by atoms with Crippen molar-refractivity contribution < 1.29 is 0 Å². The summed E-state index contributed by atoms with van der Waals surface area (Å²) in [6, 6.07) is 14.4. The van der Waals surface area contributed by atoms with Gasteiger partial charge in [0.1, 0.15) is 0 Å². The van der Waals surface area contributed by atoms with E-state index in [0.29, 0.717) is 47.0 Å². The molecule has 2 saturated carbocycles. The fourth-order valence-corrected chi connectivity index (χ4v) is 11.4. The molecule has 0 spiro atoms. The average Bonchev–Trinajstić information content (AvgIpc) is 3.90. The first-order valence-corrected chi connectivity index (χ1v) is 29.9. The van der Waals surface area contributed by atoms with Gasteiger partial charge in [-0.1, -0.05) is 94.5 Å². The maximum atomic E-state index is 6.64. The molecule has 2 saturated heterocycles. The highest BCUT2D eigenvalue weighted by Gasteiger charge is 2.24. The maximum absolute atomic E-state index is 6.64. The number of anilines is 6. The van der Waals surface area contributed by atoms with Crippen LogP contribution in [0.1, 0.15) is 150 Å². The molecule has 2 unspecified atom stereocenters. The molecule has 2 aliphatic carbocycles. The van der Waals surface area contributed by atoms with Gasteiger partial charge in [-0.3, -0.25) is 9.80 Å². The lowest BCUT2D eigenvalue weighted by molar-refractivity contribution is 0.272. The van der Waals surface area contributed by atoms with Crippen molar-refractivity contribution in [3.05, 3.63) is 67.9 Å². The van der Waals surface area contributed by atoms with Gasteiger partial charge in [-0.25, -0.2) is 0 Å². The Bertz CT molecular complexity index is 2130. The van der Waals surface area contributed by atoms with Crippen LogP contribution in [0.25, 0.3) is 0 Å². The lowest BCUT2D eigenvalue weighted by Crippen LogP contribution is -2.35. The van der Waals surface area contributed by atoms with Gasteiger partial charge in [0.15, 0.2) is 0 Å². The van der Waals surface area contributed by atoms with Crippen LogP contribution in [-0.4, -0.2) is 129 Å². The average molecular weight is 1180 g/mol. The Hall–Kier alpha value is -2.96. The third kappa shape index (κ3) is 24.2. The molecular weight excluding hydrogens is 1080 g/mol. The van der Waals surface area contributed by atoms with E-state index in [0.717, 1.165) is 80.7 Å². The minimum absolute atomic E-state index is 0. The quantitative estimate of drug-likeness (QED) is 0.0669. The van der Waals surface area contributed by atoms with E-state index in [-0.39, 0.29) is 28.3 Å². The molecule has 0 amide bonds. The van der Waals surface area contributed by atoms with E-state index >= 15 is 0 Å². The van der Waals surface area contributed by atoms with Gasteiger partial charge in [0.05, 0.1) is 21.4 Å². The summed E-state index contributed by atoms with van der Waals surface area (Å²) in [5.41, 5.74) is 15.5. The van der Waals surface area contributed by atoms with Crippen LogP contribution in [0.2, 0.25) is 25.9 Å². The number of aryl methyl sites for hydroxylation is 1. The third-order valence-electron chi connectivity index (χ3n) is 14.4. The first-order valence-electron chi connectivity index (χ1n) is 28.0. The van der Waals surface area contributed by atoms with Crippen LogP contribution in [0.4, 0.5) is 34.9 Å². The van der Waals surface area contributed by atoms with Crippen LogP contribution in [0.3, 0.4) is 0 Å². The van der Waals surface area contributed by atoms with E-state index in [1.54, 1.807) is 0 Å². The molecule has 4 heterocycles. The van der Waals surface area contributed by atoms with Crippen molar-refractivity contribution in [2.75, 3.05) is 91.2 Å². The van der Waals surface area contributed by atoms with Crippen LogP contribution in [0.5, 0.6) is 0 Å². The summed E-state index contributed by atoms with van der Waals surface area (Å²) in [4.78, 5) is 34.1. The largest absolute Gasteiger partial charge is 0.371 e. The number of hydrogen-bond acceptors (Lipinski definition) is 15. The Balaban J connectivity index is 0.000000306. The fraction of sp³-hybridized carbons (Fsp3) is 0.673. The Morgan fingerprint density at radius 3 is 1.49 bits per heavy atom. The number of rotatable bonds is 16. The number of nitrogens with one attached hydrogen (secondary N) is 3. The fourth-order valence-electron chi connectivity index (χ4n) is 10.1. The molecule has 21 heteroatoms. The predicted octanol–water partition coefficient (Wildman–Crippen LogP) is 14.0. The molecule has 15 nitrogen and oxygen atoms in total. The molecule has 2 aromatic heterocycles. The molecule has 0 radical (unpaired) electrons. The van der Waals surface area contributed by atoms with Crippen LogP contribution in [0, 0.1) is 6.92 Å². The molecule has 7 N–H and O–H groups in total. The molecule has 76 heavy (non-hydrogen) atoms. The summed E-state index contributed by atoms with van der Waals surface area (Å²) >= 11 is 28.7. The Morgan fingerprint density at radius 1 is 0.553 bits per heavy atom. The second kappa shape index (κ2) is 37.8. The number of halogens is 6. The molecule has 0 bridgehead atoms.